The van der Waals surface area contributed by atoms with Crippen LogP contribution in [0.15, 0.2) is 18.2 Å². The van der Waals surface area contributed by atoms with Crippen molar-refractivity contribution in [3.8, 4) is 0 Å². The van der Waals surface area contributed by atoms with Gasteiger partial charge in [-0.15, -0.1) is 0 Å². The fourth-order valence-electron chi connectivity index (χ4n) is 2.58. The zero-order chi connectivity index (χ0) is 12.7. The van der Waals surface area contributed by atoms with Crippen LogP contribution in [-0.4, -0.2) is 39.5 Å². The Morgan fingerprint density at radius 1 is 1.33 bits per heavy atom. The van der Waals surface area contributed by atoms with Gasteiger partial charge in [-0.2, -0.15) is 0 Å². The van der Waals surface area contributed by atoms with Gasteiger partial charge in [-0.3, -0.25) is 15.0 Å². The largest absolute Gasteiger partial charge is 0.289 e. The number of nitro benzene ring substituents is 1. The first-order valence-electron chi connectivity index (χ1n) is 5.96. The van der Waals surface area contributed by atoms with E-state index in [-0.39, 0.29) is 10.6 Å². The monoisotopic (exact) mass is 265 g/mol. The molecule has 3 rings (SSSR count). The van der Waals surface area contributed by atoms with Gasteiger partial charge in [-0.25, -0.2) is 4.31 Å². The summed E-state index contributed by atoms with van der Waals surface area (Å²) in [6, 6.07) is 5.83. The van der Waals surface area contributed by atoms with Crippen LogP contribution in [-0.2, 0) is 13.1 Å². The molecule has 1 saturated heterocycles. The van der Waals surface area contributed by atoms with E-state index in [2.05, 4.69) is 15.5 Å². The van der Waals surface area contributed by atoms with Crippen LogP contribution in [0.25, 0.3) is 0 Å². The highest BCUT2D eigenvalue weighted by Crippen LogP contribution is 2.31. The second-order valence-electron chi connectivity index (χ2n) is 4.80. The second kappa shape index (κ2) is 4.53. The summed E-state index contributed by atoms with van der Waals surface area (Å²) < 4.78 is 2.33. The van der Waals surface area contributed by atoms with E-state index in [4.69, 9.17) is 0 Å². The van der Waals surface area contributed by atoms with Crippen LogP contribution in [0, 0.1) is 10.1 Å². The fraction of sp³-hybridized carbons (Fsp3) is 0.500. The van der Waals surface area contributed by atoms with E-state index in [1.54, 1.807) is 24.1 Å². The van der Waals surface area contributed by atoms with E-state index in [0.717, 1.165) is 31.7 Å². The van der Waals surface area contributed by atoms with Gasteiger partial charge in [-0.1, -0.05) is 18.0 Å². The van der Waals surface area contributed by atoms with Crippen molar-refractivity contribution < 1.29 is 4.92 Å². The molecule has 1 aromatic rings. The zero-order valence-electron chi connectivity index (χ0n) is 10.2. The Hall–Kier alpha value is -1.11. The predicted octanol–water partition coefficient (Wildman–Crippen LogP) is 1.87. The molecule has 0 saturated carbocycles. The third-order valence-corrected chi connectivity index (χ3v) is 4.57. The van der Waals surface area contributed by atoms with Crippen LogP contribution in [0.2, 0.25) is 0 Å². The van der Waals surface area contributed by atoms with E-state index >= 15 is 0 Å². The predicted molar refractivity (Wildman–Crippen MR) is 71.2 cm³/mol. The molecule has 0 radical (unpaired) electrons. The Morgan fingerprint density at radius 2 is 2.06 bits per heavy atom. The van der Waals surface area contributed by atoms with Gasteiger partial charge in [0, 0.05) is 44.4 Å². The number of nitrogens with zero attached hydrogens (tertiary/aromatic N) is 3. The van der Waals surface area contributed by atoms with Gasteiger partial charge in [0.2, 0.25) is 0 Å². The Labute approximate surface area is 110 Å². The van der Waals surface area contributed by atoms with Crippen LogP contribution in [0.5, 0.6) is 0 Å². The van der Waals surface area contributed by atoms with Crippen LogP contribution >= 0.6 is 11.9 Å². The standard InChI is InChI=1S/C12H15N3O2S/c1-18-14-7-12(8-14)13-5-9-2-3-11(15(16)17)4-10(9)6-13/h2-4,12H,5-8H2,1H3. The highest BCUT2D eigenvalue weighted by molar-refractivity contribution is 7.96. The van der Waals surface area contributed by atoms with Gasteiger partial charge < -0.3 is 0 Å². The first kappa shape index (κ1) is 12.0. The lowest BCUT2D eigenvalue weighted by Gasteiger charge is -2.42. The van der Waals surface area contributed by atoms with Crippen LogP contribution in [0.3, 0.4) is 0 Å². The molecule has 1 fully saturated rings. The van der Waals surface area contributed by atoms with E-state index in [0.29, 0.717) is 6.04 Å². The number of non-ortho nitro benzene ring substituents is 1. The quantitative estimate of drug-likeness (QED) is 0.474. The molecule has 18 heavy (non-hydrogen) atoms. The Bertz CT molecular complexity index is 488. The highest BCUT2D eigenvalue weighted by atomic mass is 32.2. The van der Waals surface area contributed by atoms with Crippen molar-refractivity contribution in [2.24, 2.45) is 0 Å². The van der Waals surface area contributed by atoms with Crippen LogP contribution < -0.4 is 0 Å². The molecule has 0 atom stereocenters. The molecular weight excluding hydrogens is 250 g/mol. The maximum Gasteiger partial charge on any atom is 0.269 e. The minimum absolute atomic E-state index is 0.204. The molecule has 0 aliphatic carbocycles. The summed E-state index contributed by atoms with van der Waals surface area (Å²) in [7, 11) is 0. The van der Waals surface area contributed by atoms with Crippen molar-refractivity contribution in [2.75, 3.05) is 19.3 Å². The van der Waals surface area contributed by atoms with Gasteiger partial charge in [0.1, 0.15) is 0 Å². The third kappa shape index (κ3) is 2.00. The molecule has 2 aliphatic rings. The number of fused-ring (bicyclic) bond motifs is 1. The zero-order valence-corrected chi connectivity index (χ0v) is 11.0. The summed E-state index contributed by atoms with van der Waals surface area (Å²) in [5, 5.41) is 10.7. The Morgan fingerprint density at radius 3 is 2.72 bits per heavy atom. The third-order valence-electron chi connectivity index (χ3n) is 3.75. The molecule has 96 valence electrons. The fourth-order valence-corrected chi connectivity index (χ4v) is 3.22. The van der Waals surface area contributed by atoms with Crippen molar-refractivity contribution in [1.82, 2.24) is 9.21 Å². The molecule has 0 amide bonds. The number of nitro groups is 1. The number of hydrogen-bond acceptors (Lipinski definition) is 5. The molecule has 0 spiro atoms. The maximum atomic E-state index is 10.7. The maximum absolute atomic E-state index is 10.7. The van der Waals surface area contributed by atoms with E-state index in [1.165, 1.54) is 5.56 Å². The lowest BCUT2D eigenvalue weighted by atomic mass is 10.1. The molecule has 0 bridgehead atoms. The molecule has 0 unspecified atom stereocenters. The number of hydrogen-bond donors (Lipinski definition) is 0. The number of benzene rings is 1. The first-order valence-corrected chi connectivity index (χ1v) is 7.15. The van der Waals surface area contributed by atoms with Gasteiger partial charge in [0.05, 0.1) is 4.92 Å². The highest BCUT2D eigenvalue weighted by Gasteiger charge is 2.34. The van der Waals surface area contributed by atoms with Crippen LogP contribution in [0.4, 0.5) is 5.69 Å². The molecule has 2 heterocycles. The average molecular weight is 265 g/mol. The van der Waals surface area contributed by atoms with Gasteiger partial charge in [-0.05, 0) is 17.4 Å². The molecule has 2 aliphatic heterocycles. The molecule has 0 N–H and O–H groups in total. The molecule has 1 aromatic carbocycles. The summed E-state index contributed by atoms with van der Waals surface area (Å²) in [6.45, 7) is 3.97. The normalized spacial score (nSPS) is 20.7. The summed E-state index contributed by atoms with van der Waals surface area (Å²) in [5.41, 5.74) is 2.56. The lowest BCUT2D eigenvalue weighted by molar-refractivity contribution is -0.384. The smallest absolute Gasteiger partial charge is 0.269 e. The van der Waals surface area contributed by atoms with E-state index in [9.17, 15) is 10.1 Å². The topological polar surface area (TPSA) is 49.6 Å². The molecular formula is C12H15N3O2S. The van der Waals surface area contributed by atoms with Gasteiger partial charge >= 0.3 is 0 Å². The molecule has 6 heteroatoms. The average Bonchev–Trinajstić information content (AvgIpc) is 2.69. The summed E-state index contributed by atoms with van der Waals surface area (Å²) in [6.07, 6.45) is 2.10. The Kier molecular flexibility index (Phi) is 3.01. The van der Waals surface area contributed by atoms with Crippen molar-refractivity contribution in [1.29, 1.82) is 0 Å². The number of rotatable bonds is 3. The van der Waals surface area contributed by atoms with E-state index in [1.807, 2.05) is 6.07 Å². The van der Waals surface area contributed by atoms with Crippen molar-refractivity contribution in [3.05, 3.63) is 39.4 Å². The summed E-state index contributed by atoms with van der Waals surface area (Å²) >= 11 is 1.78. The first-order chi connectivity index (χ1) is 8.67. The summed E-state index contributed by atoms with van der Waals surface area (Å²) in [5.74, 6) is 0. The van der Waals surface area contributed by atoms with Crippen molar-refractivity contribution in [3.63, 3.8) is 0 Å². The minimum Gasteiger partial charge on any atom is -0.289 e. The van der Waals surface area contributed by atoms with E-state index < -0.39 is 0 Å². The van der Waals surface area contributed by atoms with Gasteiger partial charge in [0.15, 0.2) is 0 Å². The lowest BCUT2D eigenvalue weighted by Crippen LogP contribution is -2.54. The minimum atomic E-state index is -0.318. The Balaban J connectivity index is 1.70. The molecule has 0 aromatic heterocycles. The van der Waals surface area contributed by atoms with Gasteiger partial charge in [0.25, 0.3) is 5.69 Å². The summed E-state index contributed by atoms with van der Waals surface area (Å²) in [4.78, 5) is 12.8. The molecule has 5 nitrogen and oxygen atoms in total. The second-order valence-corrected chi connectivity index (χ2v) is 5.68. The van der Waals surface area contributed by atoms with Crippen LogP contribution in [0.1, 0.15) is 11.1 Å². The SMILES string of the molecule is CSN1CC(N2Cc3ccc([N+](=O)[O-])cc3C2)C1. The van der Waals surface area contributed by atoms with Crippen molar-refractivity contribution in [2.45, 2.75) is 19.1 Å². The van der Waals surface area contributed by atoms with Crippen molar-refractivity contribution >= 4 is 17.6 Å².